The molecule has 84 valence electrons. The summed E-state index contributed by atoms with van der Waals surface area (Å²) in [6, 6.07) is -0.853. The van der Waals surface area contributed by atoms with Crippen molar-refractivity contribution in [1.82, 2.24) is 0 Å². The molecule has 14 heavy (non-hydrogen) atoms. The van der Waals surface area contributed by atoms with Gasteiger partial charge in [-0.25, -0.2) is 0 Å². The van der Waals surface area contributed by atoms with E-state index in [4.69, 9.17) is 22.3 Å². The lowest BCUT2D eigenvalue weighted by atomic mass is 9.99. The summed E-state index contributed by atoms with van der Waals surface area (Å²) >= 11 is 0. The van der Waals surface area contributed by atoms with Crippen LogP contribution in [0.5, 0.6) is 0 Å². The van der Waals surface area contributed by atoms with Gasteiger partial charge in [0.2, 0.25) is 0 Å². The van der Waals surface area contributed by atoms with Gasteiger partial charge >= 0.3 is 5.97 Å². The molecule has 0 bridgehead atoms. The Kier molecular flexibility index (Phi) is 7.74. The fourth-order valence-corrected chi connectivity index (χ4v) is 0.820. The third-order valence-corrected chi connectivity index (χ3v) is 1.78. The largest absolute Gasteiger partial charge is 0.480 e. The van der Waals surface area contributed by atoms with Gasteiger partial charge in [-0.05, 0) is 12.3 Å². The number of carboxylic acids is 1. The van der Waals surface area contributed by atoms with Gasteiger partial charge in [-0.15, -0.1) is 0 Å². The molecule has 0 aromatic heterocycles. The Labute approximate surface area is 84.2 Å². The number of aliphatic imine (C=N–C) groups is 1. The predicted octanol–water partition coefficient (Wildman–Crippen LogP) is -0.666. The smallest absolute Gasteiger partial charge is 0.320 e. The highest BCUT2D eigenvalue weighted by molar-refractivity contribution is 5.75. The summed E-state index contributed by atoms with van der Waals surface area (Å²) in [5.41, 5.74) is 15.6. The highest BCUT2D eigenvalue weighted by atomic mass is 16.4. The molecule has 6 heteroatoms. The lowest BCUT2D eigenvalue weighted by molar-refractivity contribution is -0.139. The molecule has 0 heterocycles. The van der Waals surface area contributed by atoms with E-state index in [-0.39, 0.29) is 19.3 Å². The topological polar surface area (TPSA) is 128 Å². The molecular weight excluding hydrogens is 184 g/mol. The summed E-state index contributed by atoms with van der Waals surface area (Å²) < 4.78 is 0. The van der Waals surface area contributed by atoms with Gasteiger partial charge in [0, 0.05) is 6.54 Å². The van der Waals surface area contributed by atoms with Crippen molar-refractivity contribution in [2.75, 3.05) is 6.54 Å². The van der Waals surface area contributed by atoms with Crippen LogP contribution in [0.1, 0.15) is 20.8 Å². The van der Waals surface area contributed by atoms with Crippen molar-refractivity contribution in [3.63, 3.8) is 0 Å². The molecule has 7 N–H and O–H groups in total. The van der Waals surface area contributed by atoms with Gasteiger partial charge in [0.25, 0.3) is 0 Å². The number of nitrogens with two attached hydrogens (primary N) is 3. The van der Waals surface area contributed by atoms with Crippen LogP contribution in [-0.2, 0) is 4.79 Å². The minimum Gasteiger partial charge on any atom is -0.480 e. The Balaban J connectivity index is 0. The molecule has 0 amide bonds. The number of hydrogen-bond acceptors (Lipinski definition) is 3. The van der Waals surface area contributed by atoms with E-state index in [0.717, 1.165) is 0 Å². The van der Waals surface area contributed by atoms with E-state index < -0.39 is 12.0 Å². The first-order valence-corrected chi connectivity index (χ1v) is 3.99. The maximum absolute atomic E-state index is 10.4. The van der Waals surface area contributed by atoms with Crippen LogP contribution in [-0.4, -0.2) is 29.6 Å². The van der Waals surface area contributed by atoms with Crippen LogP contribution in [0.15, 0.2) is 4.99 Å². The van der Waals surface area contributed by atoms with E-state index in [2.05, 4.69) is 4.99 Å². The first-order valence-electron chi connectivity index (χ1n) is 3.99. The quantitative estimate of drug-likeness (QED) is 0.349. The molecule has 0 aliphatic heterocycles. The number of aliphatic carboxylic acids is 1. The molecule has 0 radical (unpaired) electrons. The van der Waals surface area contributed by atoms with Crippen molar-refractivity contribution in [3.05, 3.63) is 0 Å². The molecule has 0 unspecified atom stereocenters. The van der Waals surface area contributed by atoms with E-state index in [9.17, 15) is 4.79 Å². The predicted molar refractivity (Wildman–Crippen MR) is 56.8 cm³/mol. The number of hydrogen-bond donors (Lipinski definition) is 4. The third-order valence-electron chi connectivity index (χ3n) is 1.78. The maximum Gasteiger partial charge on any atom is 0.320 e. The van der Waals surface area contributed by atoms with Gasteiger partial charge in [-0.1, -0.05) is 14.4 Å². The normalized spacial score (nSPS) is 13.6. The van der Waals surface area contributed by atoms with Crippen molar-refractivity contribution in [2.24, 2.45) is 28.1 Å². The monoisotopic (exact) mass is 204 g/mol. The summed E-state index contributed by atoms with van der Waals surface area (Å²) in [4.78, 5) is 14.2. The molecule has 0 aromatic rings. The molecule has 0 saturated carbocycles. The summed E-state index contributed by atoms with van der Waals surface area (Å²) in [6.45, 7) is 2.16. The Bertz CT molecular complexity index is 202. The van der Waals surface area contributed by atoms with Crippen LogP contribution in [0, 0.1) is 5.92 Å². The second-order valence-corrected chi connectivity index (χ2v) is 2.94. The van der Waals surface area contributed by atoms with Crippen LogP contribution in [0.3, 0.4) is 0 Å². The van der Waals surface area contributed by atoms with E-state index in [1.165, 1.54) is 0 Å². The second-order valence-electron chi connectivity index (χ2n) is 2.94. The average Bonchev–Trinajstić information content (AvgIpc) is 2.02. The molecule has 0 aliphatic rings. The van der Waals surface area contributed by atoms with Crippen LogP contribution < -0.4 is 17.2 Å². The van der Waals surface area contributed by atoms with E-state index in [1.807, 2.05) is 0 Å². The van der Waals surface area contributed by atoms with Gasteiger partial charge < -0.3 is 22.3 Å². The lowest BCUT2D eigenvalue weighted by Gasteiger charge is -2.13. The number of carbonyl (C=O) groups is 1. The van der Waals surface area contributed by atoms with Crippen molar-refractivity contribution < 1.29 is 9.90 Å². The third kappa shape index (κ3) is 6.24. The highest BCUT2D eigenvalue weighted by Gasteiger charge is 2.18. The lowest BCUT2D eigenvalue weighted by Crippen LogP contribution is -2.37. The fourth-order valence-electron chi connectivity index (χ4n) is 0.820. The van der Waals surface area contributed by atoms with Gasteiger partial charge in [0.15, 0.2) is 5.96 Å². The second kappa shape index (κ2) is 7.14. The van der Waals surface area contributed by atoms with Crippen molar-refractivity contribution in [1.29, 1.82) is 0 Å². The molecule has 6 nitrogen and oxygen atoms in total. The average molecular weight is 204 g/mol. The van der Waals surface area contributed by atoms with Crippen molar-refractivity contribution in [2.45, 2.75) is 26.8 Å². The summed E-state index contributed by atoms with van der Waals surface area (Å²) in [5, 5.41) is 8.55. The van der Waals surface area contributed by atoms with Gasteiger partial charge in [0.1, 0.15) is 6.04 Å². The standard InChI is InChI=1S/C7H16N4O2.CH4/c1-4(5(8)6(12)13)2-3-11-7(9)10;/h4-5H,2-3,8H2,1H3,(H,12,13)(H4,9,10,11);1H4/t4-,5-;/m1./s1. The van der Waals surface area contributed by atoms with E-state index in [1.54, 1.807) is 6.92 Å². The zero-order valence-corrected chi connectivity index (χ0v) is 7.60. The summed E-state index contributed by atoms with van der Waals surface area (Å²) in [7, 11) is 0. The number of rotatable bonds is 5. The Morgan fingerprint density at radius 1 is 1.50 bits per heavy atom. The summed E-state index contributed by atoms with van der Waals surface area (Å²) in [6.07, 6.45) is 0.561. The molecule has 0 spiro atoms. The van der Waals surface area contributed by atoms with Crippen molar-refractivity contribution >= 4 is 11.9 Å². The SMILES string of the molecule is C.C[C@H](CCN=C(N)N)[C@@H](N)C(=O)O. The molecule has 0 fully saturated rings. The first-order chi connectivity index (χ1) is 5.95. The van der Waals surface area contributed by atoms with Gasteiger partial charge in [0.05, 0.1) is 0 Å². The Morgan fingerprint density at radius 2 is 2.00 bits per heavy atom. The highest BCUT2D eigenvalue weighted by Crippen LogP contribution is 2.06. The molecular formula is C8H20N4O2. The zero-order valence-electron chi connectivity index (χ0n) is 7.60. The maximum atomic E-state index is 10.4. The number of guanidine groups is 1. The van der Waals surface area contributed by atoms with Gasteiger partial charge in [-0.2, -0.15) is 0 Å². The molecule has 0 saturated heterocycles. The molecule has 2 atom stereocenters. The Morgan fingerprint density at radius 3 is 2.36 bits per heavy atom. The summed E-state index contributed by atoms with van der Waals surface area (Å²) in [5.74, 6) is -1.13. The minimum atomic E-state index is -1.00. The van der Waals surface area contributed by atoms with Crippen LogP contribution >= 0.6 is 0 Å². The van der Waals surface area contributed by atoms with E-state index in [0.29, 0.717) is 13.0 Å². The van der Waals surface area contributed by atoms with E-state index >= 15 is 0 Å². The first kappa shape index (κ1) is 15.2. The molecule has 0 rings (SSSR count). The van der Waals surface area contributed by atoms with Crippen LogP contribution in [0.2, 0.25) is 0 Å². The molecule has 0 aromatic carbocycles. The zero-order chi connectivity index (χ0) is 10.4. The van der Waals surface area contributed by atoms with Gasteiger partial charge in [-0.3, -0.25) is 9.79 Å². The number of carboxylic acid groups (broad SMARTS) is 1. The Hall–Kier alpha value is -1.30. The van der Waals surface area contributed by atoms with Crippen LogP contribution in [0.4, 0.5) is 0 Å². The fraction of sp³-hybridized carbons (Fsp3) is 0.750. The number of nitrogens with zero attached hydrogens (tertiary/aromatic N) is 1. The minimum absolute atomic E-state index is 0. The molecule has 0 aliphatic carbocycles. The van der Waals surface area contributed by atoms with Crippen LogP contribution in [0.25, 0.3) is 0 Å². The van der Waals surface area contributed by atoms with Crippen molar-refractivity contribution in [3.8, 4) is 0 Å².